The molecule has 3 rings (SSSR count). The third kappa shape index (κ3) is 4.05. The summed E-state index contributed by atoms with van der Waals surface area (Å²) in [6.45, 7) is 8.88. The molecule has 0 fully saturated rings. The van der Waals surface area contributed by atoms with E-state index in [1.165, 1.54) is 34.6 Å². The minimum atomic E-state index is -0.602. The van der Waals surface area contributed by atoms with Crippen molar-refractivity contribution in [1.29, 1.82) is 0 Å². The van der Waals surface area contributed by atoms with E-state index >= 15 is 0 Å². The van der Waals surface area contributed by atoms with Crippen molar-refractivity contribution < 1.29 is 9.72 Å². The molecule has 0 radical (unpaired) electrons. The number of aromatic nitrogens is 1. The Hall–Kier alpha value is -3.06. The van der Waals surface area contributed by atoms with E-state index in [1.54, 1.807) is 12.1 Å². The summed E-state index contributed by atoms with van der Waals surface area (Å²) in [7, 11) is 0. The van der Waals surface area contributed by atoms with Crippen LogP contribution in [0, 0.1) is 24.0 Å². The summed E-state index contributed by atoms with van der Waals surface area (Å²) in [4.78, 5) is 29.4. The van der Waals surface area contributed by atoms with Crippen LogP contribution in [0.5, 0.6) is 0 Å². The monoisotopic (exact) mass is 409 g/mol. The molecule has 2 aromatic carbocycles. The summed E-state index contributed by atoms with van der Waals surface area (Å²) < 4.78 is 2.01. The topological polar surface area (TPSA) is 77.5 Å². The van der Waals surface area contributed by atoms with Gasteiger partial charge in [-0.1, -0.05) is 31.2 Å². The average molecular weight is 410 g/mol. The summed E-state index contributed by atoms with van der Waals surface area (Å²) >= 11 is 1.46. The molecule has 29 heavy (non-hydrogen) atoms. The van der Waals surface area contributed by atoms with Gasteiger partial charge in [-0.2, -0.15) is 4.99 Å². The van der Waals surface area contributed by atoms with Crippen molar-refractivity contribution in [1.82, 2.24) is 4.57 Å². The summed E-state index contributed by atoms with van der Waals surface area (Å²) in [5.74, 6) is -0.602. The lowest BCUT2D eigenvalue weighted by atomic mass is 10.0. The van der Waals surface area contributed by atoms with E-state index in [-0.39, 0.29) is 11.3 Å². The zero-order chi connectivity index (χ0) is 21.1. The molecule has 0 aliphatic rings. The predicted octanol–water partition coefficient (Wildman–Crippen LogP) is 5.07. The van der Waals surface area contributed by atoms with Crippen molar-refractivity contribution in [3.8, 4) is 11.3 Å². The van der Waals surface area contributed by atoms with Crippen LogP contribution in [0.3, 0.4) is 0 Å². The Kier molecular flexibility index (Phi) is 6.08. The zero-order valence-electron chi connectivity index (χ0n) is 16.9. The molecular weight excluding hydrogens is 386 g/mol. The molecule has 1 heterocycles. The first-order valence-electron chi connectivity index (χ1n) is 9.49. The fourth-order valence-electron chi connectivity index (χ4n) is 3.24. The van der Waals surface area contributed by atoms with E-state index in [4.69, 9.17) is 0 Å². The fraction of sp³-hybridized carbons (Fsp3) is 0.273. The van der Waals surface area contributed by atoms with Gasteiger partial charge >= 0.3 is 0 Å². The maximum Gasteiger partial charge on any atom is 0.286 e. The van der Waals surface area contributed by atoms with Crippen LogP contribution in [0.4, 0.5) is 5.69 Å². The Morgan fingerprint density at radius 2 is 1.86 bits per heavy atom. The van der Waals surface area contributed by atoms with Gasteiger partial charge in [0.1, 0.15) is 5.56 Å². The van der Waals surface area contributed by atoms with Crippen molar-refractivity contribution >= 4 is 22.9 Å². The van der Waals surface area contributed by atoms with Crippen molar-refractivity contribution in [3.05, 3.63) is 78.9 Å². The number of rotatable bonds is 5. The number of nitro groups is 1. The molecule has 0 saturated heterocycles. The van der Waals surface area contributed by atoms with Crippen molar-refractivity contribution in [2.75, 3.05) is 0 Å². The number of carbonyl (C=O) groups excluding carboxylic acids is 1. The Labute approximate surface area is 173 Å². The number of nitrogens with zero attached hydrogens (tertiary/aromatic N) is 3. The molecule has 0 aliphatic heterocycles. The maximum atomic E-state index is 12.8. The normalized spacial score (nSPS) is 11.7. The van der Waals surface area contributed by atoms with E-state index in [0.717, 1.165) is 22.6 Å². The first-order valence-corrected chi connectivity index (χ1v) is 10.3. The van der Waals surface area contributed by atoms with E-state index < -0.39 is 10.8 Å². The highest BCUT2D eigenvalue weighted by atomic mass is 32.1. The molecule has 0 saturated carbocycles. The Morgan fingerprint density at radius 1 is 1.14 bits per heavy atom. The lowest BCUT2D eigenvalue weighted by Crippen LogP contribution is -2.17. The number of hydrogen-bond acceptors (Lipinski definition) is 4. The molecule has 7 heteroatoms. The summed E-state index contributed by atoms with van der Waals surface area (Å²) in [5, 5.41) is 11.3. The largest absolute Gasteiger partial charge is 0.316 e. The average Bonchev–Trinajstić information content (AvgIpc) is 3.07. The summed E-state index contributed by atoms with van der Waals surface area (Å²) in [5.41, 5.74) is 4.33. The SMILES string of the molecule is CCc1sc(=NC(=O)c2ccccc2[N+](=O)[O-])n(CC)c1-c1ccc(C)c(C)c1. The van der Waals surface area contributed by atoms with E-state index in [0.29, 0.717) is 11.3 Å². The number of hydrogen-bond donors (Lipinski definition) is 0. The highest BCUT2D eigenvalue weighted by molar-refractivity contribution is 7.09. The van der Waals surface area contributed by atoms with Crippen LogP contribution in [0.15, 0.2) is 47.5 Å². The van der Waals surface area contributed by atoms with Crippen LogP contribution in [0.2, 0.25) is 0 Å². The maximum absolute atomic E-state index is 12.8. The molecular formula is C22H23N3O3S. The molecule has 1 aromatic heterocycles. The smallest absolute Gasteiger partial charge is 0.286 e. The summed E-state index contributed by atoms with van der Waals surface area (Å²) in [6, 6.07) is 12.2. The number of amides is 1. The second-order valence-electron chi connectivity index (χ2n) is 6.74. The third-order valence-corrected chi connectivity index (χ3v) is 6.15. The standard InChI is InChI=1S/C22H23N3O3S/c1-5-19-20(16-12-11-14(3)15(4)13-16)24(6-2)22(29-19)23-21(26)17-9-7-8-10-18(17)25(27)28/h7-13H,5-6H2,1-4H3. The van der Waals surface area contributed by atoms with Crippen LogP contribution < -0.4 is 4.80 Å². The molecule has 0 bridgehead atoms. The van der Waals surface area contributed by atoms with Crippen molar-refractivity contribution in [2.24, 2.45) is 4.99 Å². The molecule has 0 spiro atoms. The lowest BCUT2D eigenvalue weighted by molar-refractivity contribution is -0.385. The molecule has 0 atom stereocenters. The van der Waals surface area contributed by atoms with Gasteiger partial charge < -0.3 is 4.57 Å². The molecule has 0 unspecified atom stereocenters. The predicted molar refractivity (Wildman–Crippen MR) is 115 cm³/mol. The minimum Gasteiger partial charge on any atom is -0.316 e. The number of para-hydroxylation sites is 1. The number of nitro benzene ring substituents is 1. The van der Waals surface area contributed by atoms with Crippen molar-refractivity contribution in [2.45, 2.75) is 40.7 Å². The highest BCUT2D eigenvalue weighted by Gasteiger charge is 2.20. The molecule has 0 N–H and O–H groups in total. The zero-order valence-corrected chi connectivity index (χ0v) is 17.7. The van der Waals surface area contributed by atoms with Crippen molar-refractivity contribution in [3.63, 3.8) is 0 Å². The van der Waals surface area contributed by atoms with Crippen LogP contribution >= 0.6 is 11.3 Å². The number of aryl methyl sites for hydroxylation is 3. The summed E-state index contributed by atoms with van der Waals surface area (Å²) in [6.07, 6.45) is 0.808. The molecule has 0 aliphatic carbocycles. The number of benzene rings is 2. The highest BCUT2D eigenvalue weighted by Crippen LogP contribution is 2.28. The quantitative estimate of drug-likeness (QED) is 0.436. The fourth-order valence-corrected chi connectivity index (χ4v) is 4.39. The van der Waals surface area contributed by atoms with Gasteiger partial charge in [0.15, 0.2) is 4.80 Å². The minimum absolute atomic E-state index is 0.000619. The van der Waals surface area contributed by atoms with Gasteiger partial charge in [0.25, 0.3) is 11.6 Å². The Morgan fingerprint density at radius 3 is 2.48 bits per heavy atom. The van der Waals surface area contributed by atoms with Gasteiger partial charge in [-0.15, -0.1) is 11.3 Å². The van der Waals surface area contributed by atoms with Gasteiger partial charge in [-0.3, -0.25) is 14.9 Å². The van der Waals surface area contributed by atoms with Gasteiger partial charge in [0.05, 0.1) is 10.6 Å². The number of carbonyl (C=O) groups is 1. The van der Waals surface area contributed by atoms with Crippen LogP contribution in [-0.4, -0.2) is 15.4 Å². The van der Waals surface area contributed by atoms with Gasteiger partial charge in [0, 0.05) is 17.5 Å². The second kappa shape index (κ2) is 8.53. The molecule has 3 aromatic rings. The third-order valence-electron chi connectivity index (χ3n) is 4.93. The Bertz CT molecular complexity index is 1160. The van der Waals surface area contributed by atoms with E-state index in [1.807, 2.05) is 11.5 Å². The lowest BCUT2D eigenvalue weighted by Gasteiger charge is -2.10. The van der Waals surface area contributed by atoms with Gasteiger partial charge in [-0.25, -0.2) is 0 Å². The molecule has 1 amide bonds. The van der Waals surface area contributed by atoms with Crippen LogP contribution in [0.1, 0.15) is 40.2 Å². The number of thiazole rings is 1. The van der Waals surface area contributed by atoms with Gasteiger partial charge in [-0.05, 0) is 56.0 Å². The van der Waals surface area contributed by atoms with E-state index in [9.17, 15) is 14.9 Å². The molecule has 6 nitrogen and oxygen atoms in total. The first-order chi connectivity index (χ1) is 13.9. The second-order valence-corrected chi connectivity index (χ2v) is 7.81. The first kappa shape index (κ1) is 20.7. The van der Waals surface area contributed by atoms with E-state index in [2.05, 4.69) is 44.0 Å². The van der Waals surface area contributed by atoms with Crippen LogP contribution in [0.25, 0.3) is 11.3 Å². The Balaban J connectivity index is 2.18. The molecule has 150 valence electrons. The van der Waals surface area contributed by atoms with Crippen LogP contribution in [-0.2, 0) is 13.0 Å². The van der Waals surface area contributed by atoms with Gasteiger partial charge in [0.2, 0.25) is 0 Å².